The van der Waals surface area contributed by atoms with E-state index < -0.39 is 0 Å². The van der Waals surface area contributed by atoms with Crippen molar-refractivity contribution in [2.24, 2.45) is 29.1 Å². The summed E-state index contributed by atoms with van der Waals surface area (Å²) in [5.74, 6) is 4.04. The predicted molar refractivity (Wildman–Crippen MR) is 73.4 cm³/mol. The van der Waals surface area contributed by atoms with Gasteiger partial charge in [0.1, 0.15) is 0 Å². The van der Waals surface area contributed by atoms with E-state index in [9.17, 15) is 0 Å². The molecule has 0 nitrogen and oxygen atoms in total. The van der Waals surface area contributed by atoms with Crippen molar-refractivity contribution in [3.63, 3.8) is 0 Å². The highest BCUT2D eigenvalue weighted by Crippen LogP contribution is 2.59. The molecule has 0 aromatic heterocycles. The van der Waals surface area contributed by atoms with Crippen LogP contribution in [0.5, 0.6) is 0 Å². The summed E-state index contributed by atoms with van der Waals surface area (Å²) in [5.41, 5.74) is 0.702. The van der Waals surface area contributed by atoms with Crippen LogP contribution in [-0.2, 0) is 0 Å². The van der Waals surface area contributed by atoms with Gasteiger partial charge >= 0.3 is 0 Å². The standard InChI is InChI=1S/C14H26.C2H4/c1-5-12-10(2)8-9-14(4)11(3)6-7-13(12)14;1-2/h10-13H,5-9H2,1-4H3;1-2H2/t10-,11?,12+,13-,14+;/m0./s1. The summed E-state index contributed by atoms with van der Waals surface area (Å²) < 4.78 is 0. The first-order chi connectivity index (χ1) is 7.59. The third-order valence-corrected chi connectivity index (χ3v) is 5.74. The summed E-state index contributed by atoms with van der Waals surface area (Å²) in [6, 6.07) is 0. The Morgan fingerprint density at radius 1 is 1.12 bits per heavy atom. The minimum absolute atomic E-state index is 0.702. The molecule has 2 aliphatic rings. The summed E-state index contributed by atoms with van der Waals surface area (Å²) in [6.45, 7) is 15.9. The van der Waals surface area contributed by atoms with E-state index in [4.69, 9.17) is 0 Å². The fourth-order valence-electron chi connectivity index (χ4n) is 4.43. The Balaban J connectivity index is 0.000000606. The van der Waals surface area contributed by atoms with Crippen LogP contribution in [0.2, 0.25) is 0 Å². The Kier molecular flexibility index (Phi) is 4.64. The maximum atomic E-state index is 3.00. The molecule has 0 radical (unpaired) electrons. The quantitative estimate of drug-likeness (QED) is 0.528. The van der Waals surface area contributed by atoms with Gasteiger partial charge in [-0.05, 0) is 54.8 Å². The van der Waals surface area contributed by atoms with Crippen molar-refractivity contribution in [1.82, 2.24) is 0 Å². The van der Waals surface area contributed by atoms with E-state index >= 15 is 0 Å². The topological polar surface area (TPSA) is 0 Å². The fourth-order valence-corrected chi connectivity index (χ4v) is 4.43. The molecule has 2 saturated carbocycles. The summed E-state index contributed by atoms with van der Waals surface area (Å²) in [4.78, 5) is 0. The Hall–Kier alpha value is -0.260. The second-order valence-electron chi connectivity index (χ2n) is 6.18. The highest BCUT2D eigenvalue weighted by Gasteiger charge is 2.50. The lowest BCUT2D eigenvalue weighted by atomic mass is 9.58. The summed E-state index contributed by atoms with van der Waals surface area (Å²) in [7, 11) is 0. The third-order valence-electron chi connectivity index (χ3n) is 5.74. The van der Waals surface area contributed by atoms with Gasteiger partial charge in [-0.3, -0.25) is 0 Å². The molecule has 0 heteroatoms. The van der Waals surface area contributed by atoms with Gasteiger partial charge in [-0.2, -0.15) is 0 Å². The van der Waals surface area contributed by atoms with E-state index in [1.54, 1.807) is 0 Å². The fraction of sp³-hybridized carbons (Fsp3) is 0.875. The van der Waals surface area contributed by atoms with E-state index in [0.717, 1.165) is 23.7 Å². The van der Waals surface area contributed by atoms with Crippen LogP contribution in [0.25, 0.3) is 0 Å². The molecule has 2 rings (SSSR count). The van der Waals surface area contributed by atoms with Gasteiger partial charge in [-0.1, -0.05) is 34.1 Å². The molecule has 0 aliphatic heterocycles. The van der Waals surface area contributed by atoms with Gasteiger partial charge in [-0.25, -0.2) is 0 Å². The van der Waals surface area contributed by atoms with Gasteiger partial charge in [0.2, 0.25) is 0 Å². The molecular formula is C16H30. The zero-order valence-electron chi connectivity index (χ0n) is 11.8. The highest BCUT2D eigenvalue weighted by molar-refractivity contribution is 4.99. The van der Waals surface area contributed by atoms with Crippen molar-refractivity contribution in [2.75, 3.05) is 0 Å². The van der Waals surface area contributed by atoms with Crippen molar-refractivity contribution in [1.29, 1.82) is 0 Å². The van der Waals surface area contributed by atoms with Crippen molar-refractivity contribution in [2.45, 2.75) is 59.8 Å². The molecular weight excluding hydrogens is 192 g/mol. The molecule has 16 heavy (non-hydrogen) atoms. The first-order valence-corrected chi connectivity index (χ1v) is 7.09. The molecule has 2 fully saturated rings. The molecule has 0 spiro atoms. The Morgan fingerprint density at radius 2 is 1.75 bits per heavy atom. The monoisotopic (exact) mass is 222 g/mol. The molecule has 5 atom stereocenters. The first kappa shape index (κ1) is 13.8. The van der Waals surface area contributed by atoms with Crippen LogP contribution in [0.1, 0.15) is 59.8 Å². The SMILES string of the molecule is C=C.CC[C@@H]1[C@@H](C)CC[C@]2(C)C(C)CC[C@@H]12. The van der Waals surface area contributed by atoms with E-state index in [1.165, 1.54) is 32.1 Å². The van der Waals surface area contributed by atoms with Gasteiger partial charge in [0.25, 0.3) is 0 Å². The maximum Gasteiger partial charge on any atom is -0.0269 e. The molecule has 0 aromatic rings. The highest BCUT2D eigenvalue weighted by atomic mass is 14.5. The Morgan fingerprint density at radius 3 is 2.31 bits per heavy atom. The third kappa shape index (κ3) is 2.08. The van der Waals surface area contributed by atoms with Crippen LogP contribution >= 0.6 is 0 Å². The minimum Gasteiger partial charge on any atom is -0.106 e. The average molecular weight is 222 g/mol. The van der Waals surface area contributed by atoms with Crippen LogP contribution in [0, 0.1) is 29.1 Å². The van der Waals surface area contributed by atoms with Crippen LogP contribution in [0.15, 0.2) is 13.2 Å². The van der Waals surface area contributed by atoms with Crippen molar-refractivity contribution >= 4 is 0 Å². The summed E-state index contributed by atoms with van der Waals surface area (Å²) in [6.07, 6.45) is 7.39. The van der Waals surface area contributed by atoms with Gasteiger partial charge in [0.15, 0.2) is 0 Å². The average Bonchev–Trinajstić information content (AvgIpc) is 2.60. The number of hydrogen-bond acceptors (Lipinski definition) is 0. The molecule has 0 heterocycles. The minimum atomic E-state index is 0.702. The zero-order valence-corrected chi connectivity index (χ0v) is 11.8. The van der Waals surface area contributed by atoms with E-state index in [0.29, 0.717) is 5.41 Å². The van der Waals surface area contributed by atoms with E-state index in [1.807, 2.05) is 0 Å². The van der Waals surface area contributed by atoms with Gasteiger partial charge < -0.3 is 0 Å². The largest absolute Gasteiger partial charge is 0.106 e. The molecule has 2 aliphatic carbocycles. The lowest BCUT2D eigenvalue weighted by Crippen LogP contribution is -2.39. The number of fused-ring (bicyclic) bond motifs is 1. The van der Waals surface area contributed by atoms with E-state index in [-0.39, 0.29) is 0 Å². The molecule has 0 saturated heterocycles. The first-order valence-electron chi connectivity index (χ1n) is 7.09. The lowest BCUT2D eigenvalue weighted by Gasteiger charge is -2.47. The maximum absolute atomic E-state index is 3.00. The second-order valence-corrected chi connectivity index (χ2v) is 6.18. The number of hydrogen-bond donors (Lipinski definition) is 0. The van der Waals surface area contributed by atoms with Gasteiger partial charge in [0, 0.05) is 0 Å². The number of rotatable bonds is 1. The Labute approximate surface area is 103 Å². The Bertz CT molecular complexity index is 220. The summed E-state index contributed by atoms with van der Waals surface area (Å²) in [5, 5.41) is 0. The summed E-state index contributed by atoms with van der Waals surface area (Å²) >= 11 is 0. The molecule has 0 aromatic carbocycles. The van der Waals surface area contributed by atoms with E-state index in [2.05, 4.69) is 40.9 Å². The molecule has 94 valence electrons. The second kappa shape index (κ2) is 5.38. The van der Waals surface area contributed by atoms with Gasteiger partial charge in [-0.15, -0.1) is 13.2 Å². The zero-order chi connectivity index (χ0) is 12.3. The van der Waals surface area contributed by atoms with Crippen molar-refractivity contribution < 1.29 is 0 Å². The van der Waals surface area contributed by atoms with Crippen molar-refractivity contribution in [3.05, 3.63) is 13.2 Å². The van der Waals surface area contributed by atoms with Crippen LogP contribution in [-0.4, -0.2) is 0 Å². The van der Waals surface area contributed by atoms with Gasteiger partial charge in [0.05, 0.1) is 0 Å². The van der Waals surface area contributed by atoms with Crippen LogP contribution < -0.4 is 0 Å². The predicted octanol–water partition coefficient (Wildman–Crippen LogP) is 5.30. The molecule has 1 unspecified atom stereocenters. The van der Waals surface area contributed by atoms with Crippen LogP contribution in [0.3, 0.4) is 0 Å². The normalized spacial score (nSPS) is 46.8. The van der Waals surface area contributed by atoms with Crippen molar-refractivity contribution in [3.8, 4) is 0 Å². The lowest BCUT2D eigenvalue weighted by molar-refractivity contribution is 0.0211. The van der Waals surface area contributed by atoms with Crippen LogP contribution in [0.4, 0.5) is 0 Å². The molecule has 0 N–H and O–H groups in total. The smallest absolute Gasteiger partial charge is 0.0269 e. The molecule has 0 amide bonds. The molecule has 0 bridgehead atoms.